The average molecular weight is 152 g/mol. The first kappa shape index (κ1) is 17.6. The molecule has 0 saturated carbocycles. The van der Waals surface area contributed by atoms with Gasteiger partial charge in [0.1, 0.15) is 0 Å². The minimum Gasteiger partial charge on any atom is -0.343 e. The van der Waals surface area contributed by atoms with Crippen LogP contribution in [0.1, 0.15) is 32.6 Å². The summed E-state index contributed by atoms with van der Waals surface area (Å²) in [5.41, 5.74) is 10.3. The van der Waals surface area contributed by atoms with Crippen molar-refractivity contribution in [3.05, 3.63) is 6.92 Å². The largest absolute Gasteiger partial charge is 1.00 e. The van der Waals surface area contributed by atoms with Crippen LogP contribution >= 0.6 is 0 Å². The van der Waals surface area contributed by atoms with Crippen molar-refractivity contribution >= 4 is 0 Å². The van der Waals surface area contributed by atoms with Crippen LogP contribution in [0.5, 0.6) is 0 Å². The van der Waals surface area contributed by atoms with E-state index in [2.05, 4.69) is 13.8 Å². The fourth-order valence-electron chi connectivity index (χ4n) is 0.289. The molecule has 0 radical (unpaired) electrons. The summed E-state index contributed by atoms with van der Waals surface area (Å²) in [7, 11) is 0. The minimum atomic E-state index is 0. The maximum atomic E-state index is 5.16. The van der Waals surface area contributed by atoms with Gasteiger partial charge in [0, 0.05) is 0 Å². The average Bonchev–Trinajstić information content (AvgIpc) is 2.01. The second-order valence-corrected chi connectivity index (χ2v) is 2.14. The van der Waals surface area contributed by atoms with Crippen LogP contribution in [-0.4, -0.2) is 13.1 Å². The first-order chi connectivity index (χ1) is 4.83. The summed E-state index contributed by atoms with van der Waals surface area (Å²) >= 11 is 0. The Morgan fingerprint density at radius 3 is 1.45 bits per heavy atom. The smallest absolute Gasteiger partial charge is 0.343 e. The second kappa shape index (κ2) is 22.4. The summed E-state index contributed by atoms with van der Waals surface area (Å²) in [5, 5.41) is 0. The maximum absolute atomic E-state index is 5.16. The molecule has 0 rings (SSSR count). The molecule has 0 bridgehead atoms. The van der Waals surface area contributed by atoms with Crippen molar-refractivity contribution in [3.8, 4) is 0 Å². The van der Waals surface area contributed by atoms with Gasteiger partial charge in [0.25, 0.3) is 0 Å². The van der Waals surface area contributed by atoms with Crippen LogP contribution in [0.3, 0.4) is 0 Å². The van der Waals surface area contributed by atoms with Crippen molar-refractivity contribution in [3.63, 3.8) is 0 Å². The molecule has 11 heavy (non-hydrogen) atoms. The van der Waals surface area contributed by atoms with E-state index in [0.717, 1.165) is 32.4 Å². The normalized spacial score (nSPS) is 7.64. The molecule has 0 aliphatic rings. The minimum absolute atomic E-state index is 0. The molecule has 0 saturated heterocycles. The van der Waals surface area contributed by atoms with Gasteiger partial charge in [0.05, 0.1) is 0 Å². The number of unbranched alkanes of at least 4 members (excludes halogenated alkanes) is 2. The van der Waals surface area contributed by atoms with Gasteiger partial charge in [0.2, 0.25) is 0 Å². The molecule has 0 atom stereocenters. The van der Waals surface area contributed by atoms with E-state index in [4.69, 9.17) is 11.5 Å². The van der Waals surface area contributed by atoms with Gasteiger partial charge in [-0.2, -0.15) is 6.42 Å². The zero-order chi connectivity index (χ0) is 8.24. The number of nitrogens with two attached hydrogens (primary N) is 2. The second-order valence-electron chi connectivity index (χ2n) is 2.14. The van der Waals surface area contributed by atoms with Crippen LogP contribution < -0.4 is 30.3 Å². The Kier molecular flexibility index (Phi) is 35.8. The Bertz CT molecular complexity index is 37.1. The number of hydrogen-bond donors (Lipinski definition) is 2. The molecule has 4 N–H and O–H groups in total. The molecule has 64 valence electrons. The summed E-state index contributed by atoms with van der Waals surface area (Å²) in [5.74, 6) is 0. The first-order valence-electron chi connectivity index (χ1n) is 4.02. The van der Waals surface area contributed by atoms with Crippen LogP contribution in [-0.2, 0) is 0 Å². The fourth-order valence-corrected chi connectivity index (χ4v) is 0.289. The standard InChI is InChI=1S/C4H12N2.C4H9.Li/c5-3-1-2-4-6;1-3-4-2;/h1-6H2;1,3-4H2,2H3;/q;-1;+1. The third-order valence-corrected chi connectivity index (χ3v) is 1.01. The van der Waals surface area contributed by atoms with E-state index < -0.39 is 0 Å². The predicted octanol–water partition coefficient (Wildman–Crippen LogP) is -1.69. The molecule has 2 nitrogen and oxygen atoms in total. The van der Waals surface area contributed by atoms with E-state index in [9.17, 15) is 0 Å². The van der Waals surface area contributed by atoms with E-state index in [1.165, 1.54) is 6.42 Å². The van der Waals surface area contributed by atoms with Gasteiger partial charge in [-0.15, -0.1) is 0 Å². The van der Waals surface area contributed by atoms with Crippen molar-refractivity contribution in [2.24, 2.45) is 11.5 Å². The molecule has 0 fully saturated rings. The van der Waals surface area contributed by atoms with Gasteiger partial charge in [-0.3, -0.25) is 0 Å². The van der Waals surface area contributed by atoms with E-state index in [-0.39, 0.29) is 18.9 Å². The fraction of sp³-hybridized carbons (Fsp3) is 0.875. The van der Waals surface area contributed by atoms with Gasteiger partial charge >= 0.3 is 18.9 Å². The van der Waals surface area contributed by atoms with Crippen LogP contribution in [0, 0.1) is 6.92 Å². The summed E-state index contributed by atoms with van der Waals surface area (Å²) in [6.45, 7) is 7.27. The number of hydrogen-bond acceptors (Lipinski definition) is 2. The SMILES string of the molecule is NCCCCN.[CH2-]CCC.[Li+]. The first-order valence-corrected chi connectivity index (χ1v) is 4.02. The quantitative estimate of drug-likeness (QED) is 0.287. The molecular weight excluding hydrogens is 131 g/mol. The van der Waals surface area contributed by atoms with Crippen molar-refractivity contribution in [1.82, 2.24) is 0 Å². The third-order valence-electron chi connectivity index (χ3n) is 1.01. The molecule has 0 aromatic heterocycles. The van der Waals surface area contributed by atoms with Crippen LogP contribution in [0.4, 0.5) is 0 Å². The van der Waals surface area contributed by atoms with Crippen molar-refractivity contribution < 1.29 is 18.9 Å². The van der Waals surface area contributed by atoms with Gasteiger partial charge in [-0.1, -0.05) is 13.3 Å². The van der Waals surface area contributed by atoms with Gasteiger partial charge in [-0.25, -0.2) is 0 Å². The van der Waals surface area contributed by atoms with E-state index in [0.29, 0.717) is 0 Å². The van der Waals surface area contributed by atoms with Gasteiger partial charge < -0.3 is 18.4 Å². The zero-order valence-corrected chi connectivity index (χ0v) is 8.10. The molecule has 0 spiro atoms. The van der Waals surface area contributed by atoms with Crippen LogP contribution in [0.15, 0.2) is 0 Å². The molecule has 0 aromatic carbocycles. The topological polar surface area (TPSA) is 52.0 Å². The summed E-state index contributed by atoms with van der Waals surface area (Å²) in [6.07, 6.45) is 4.41. The molecule has 0 aromatic rings. The van der Waals surface area contributed by atoms with E-state index >= 15 is 0 Å². The molecule has 0 aliphatic carbocycles. The zero-order valence-electron chi connectivity index (χ0n) is 8.10. The Hall–Kier alpha value is 0.517. The molecule has 0 amide bonds. The van der Waals surface area contributed by atoms with E-state index in [1.807, 2.05) is 0 Å². The Balaban J connectivity index is -0.000000114. The van der Waals surface area contributed by atoms with Gasteiger partial charge in [0.15, 0.2) is 0 Å². The van der Waals surface area contributed by atoms with Crippen molar-refractivity contribution in [1.29, 1.82) is 0 Å². The van der Waals surface area contributed by atoms with Gasteiger partial charge in [-0.05, 0) is 25.9 Å². The molecular formula is C8H21LiN2. The molecule has 0 aliphatic heterocycles. The Labute approximate surface area is 83.3 Å². The van der Waals surface area contributed by atoms with E-state index in [1.54, 1.807) is 0 Å². The molecule has 0 heterocycles. The maximum Gasteiger partial charge on any atom is 1.00 e. The molecule has 3 heteroatoms. The summed E-state index contributed by atoms with van der Waals surface area (Å²) in [4.78, 5) is 0. The summed E-state index contributed by atoms with van der Waals surface area (Å²) in [6, 6.07) is 0. The van der Waals surface area contributed by atoms with Crippen molar-refractivity contribution in [2.75, 3.05) is 13.1 Å². The predicted molar refractivity (Wildman–Crippen MR) is 47.6 cm³/mol. The van der Waals surface area contributed by atoms with Crippen molar-refractivity contribution in [2.45, 2.75) is 32.6 Å². The monoisotopic (exact) mass is 152 g/mol. The Morgan fingerprint density at radius 1 is 1.09 bits per heavy atom. The van der Waals surface area contributed by atoms with Crippen LogP contribution in [0.25, 0.3) is 0 Å². The summed E-state index contributed by atoms with van der Waals surface area (Å²) < 4.78 is 0. The molecule has 0 unspecified atom stereocenters. The third kappa shape index (κ3) is 37.4. The Morgan fingerprint density at radius 2 is 1.36 bits per heavy atom. The number of rotatable bonds is 4. The van der Waals surface area contributed by atoms with Crippen LogP contribution in [0.2, 0.25) is 0 Å².